The van der Waals surface area contributed by atoms with Crippen LogP contribution in [0.3, 0.4) is 0 Å². The average molecular weight is 525 g/mol. The van der Waals surface area contributed by atoms with E-state index in [-0.39, 0.29) is 5.97 Å². The summed E-state index contributed by atoms with van der Waals surface area (Å²) in [6.07, 6.45) is -2.29. The number of esters is 1. The summed E-state index contributed by atoms with van der Waals surface area (Å²) in [4.78, 5) is 44.8. The van der Waals surface area contributed by atoms with Gasteiger partial charge in [0, 0.05) is 33.4 Å². The van der Waals surface area contributed by atoms with E-state index in [0.29, 0.717) is 0 Å². The van der Waals surface area contributed by atoms with E-state index in [0.717, 1.165) is 26.5 Å². The fourth-order valence-electron chi connectivity index (χ4n) is 4.04. The fraction of sp³-hybridized carbons (Fsp3) is 0.185. The first-order valence-electron chi connectivity index (χ1n) is 11.0. The van der Waals surface area contributed by atoms with Crippen molar-refractivity contribution in [3.05, 3.63) is 95.6 Å². The maximum Gasteiger partial charge on any atom is 0.336 e. The molecular formula is C27H24O9S. The lowest BCUT2D eigenvalue weighted by molar-refractivity contribution is -0.170. The number of aliphatic hydroxyl groups is 1. The zero-order valence-corrected chi connectivity index (χ0v) is 20.5. The lowest BCUT2D eigenvalue weighted by Gasteiger charge is -2.39. The highest BCUT2D eigenvalue weighted by atomic mass is 32.2. The Balaban J connectivity index is 0.000000251. The van der Waals surface area contributed by atoms with Crippen molar-refractivity contribution < 1.29 is 44.3 Å². The molecule has 1 aliphatic heterocycles. The number of ether oxygens (including phenoxy) is 1. The molecule has 37 heavy (non-hydrogen) atoms. The Labute approximate surface area is 216 Å². The third-order valence-corrected chi connectivity index (χ3v) is 6.67. The molecule has 0 spiro atoms. The van der Waals surface area contributed by atoms with Crippen molar-refractivity contribution in [1.82, 2.24) is 0 Å². The van der Waals surface area contributed by atoms with Gasteiger partial charge in [-0.15, -0.1) is 0 Å². The summed E-state index contributed by atoms with van der Waals surface area (Å²) in [5, 5.41) is 33.8. The molecule has 0 fully saturated rings. The second-order valence-corrected chi connectivity index (χ2v) is 9.30. The molecule has 0 aromatic heterocycles. The summed E-state index contributed by atoms with van der Waals surface area (Å²) < 4.78 is 6.07. The molecule has 1 heterocycles. The van der Waals surface area contributed by atoms with Crippen molar-refractivity contribution in [3.8, 4) is 0 Å². The summed E-state index contributed by atoms with van der Waals surface area (Å²) in [7, 11) is 0. The zero-order valence-electron chi connectivity index (χ0n) is 19.7. The van der Waals surface area contributed by atoms with Crippen LogP contribution in [0.2, 0.25) is 0 Å². The van der Waals surface area contributed by atoms with Crippen LogP contribution in [0.1, 0.15) is 36.5 Å². The lowest BCUT2D eigenvalue weighted by Crippen LogP contribution is -2.42. The van der Waals surface area contributed by atoms with Crippen molar-refractivity contribution in [3.63, 3.8) is 0 Å². The minimum absolute atomic E-state index is 0.296. The molecule has 0 saturated carbocycles. The van der Waals surface area contributed by atoms with Gasteiger partial charge in [0.15, 0.2) is 11.2 Å². The molecule has 1 aliphatic rings. The fourth-order valence-corrected chi connectivity index (χ4v) is 5.21. The molecule has 0 radical (unpaired) electrons. The number of aliphatic carboxylic acids is 3. The molecule has 0 amide bonds. The Kier molecular flexibility index (Phi) is 8.36. The largest absolute Gasteiger partial charge is 0.481 e. The Morgan fingerprint density at radius 1 is 0.757 bits per heavy atom. The number of hydrogen-bond acceptors (Lipinski definition) is 7. The van der Waals surface area contributed by atoms with Crippen molar-refractivity contribution in [2.75, 3.05) is 0 Å². The smallest absolute Gasteiger partial charge is 0.336 e. The number of carboxylic acids is 3. The second kappa shape index (κ2) is 11.3. The predicted octanol–water partition coefficient (Wildman–Crippen LogP) is 3.76. The van der Waals surface area contributed by atoms with Crippen LogP contribution in [-0.4, -0.2) is 49.9 Å². The van der Waals surface area contributed by atoms with Crippen LogP contribution < -0.4 is 0 Å². The van der Waals surface area contributed by atoms with E-state index < -0.39 is 42.0 Å². The normalized spacial score (nSPS) is 13.1. The summed E-state index contributed by atoms with van der Waals surface area (Å²) in [5.74, 6) is -5.31. The summed E-state index contributed by atoms with van der Waals surface area (Å²) in [6.45, 7) is 1.47. The van der Waals surface area contributed by atoms with Crippen LogP contribution in [0, 0.1) is 0 Å². The molecule has 0 aliphatic carbocycles. The standard InChI is InChI=1S/C21H16O2S.C6H8O7/c1-15(22)23-21(16-9-3-2-4-10-16)17-11-5-7-13-19(17)24-20-14-8-6-12-18(20)21;7-3(8)1-6(13,5(11)12)2-4(9)10/h2-14H,1H3;13H,1-2H2,(H,7,8)(H,9,10)(H,11,12). The third-order valence-electron chi connectivity index (χ3n) is 5.52. The van der Waals surface area contributed by atoms with Crippen LogP contribution >= 0.6 is 11.8 Å². The van der Waals surface area contributed by atoms with Gasteiger partial charge in [-0.05, 0) is 12.1 Å². The van der Waals surface area contributed by atoms with E-state index in [1.54, 1.807) is 11.8 Å². The third kappa shape index (κ3) is 5.99. The maximum absolute atomic E-state index is 12.1. The number of benzene rings is 3. The maximum atomic E-state index is 12.1. The van der Waals surface area contributed by atoms with Crippen LogP contribution in [0.4, 0.5) is 0 Å². The van der Waals surface area contributed by atoms with Gasteiger partial charge in [-0.1, -0.05) is 78.5 Å². The summed E-state index contributed by atoms with van der Waals surface area (Å²) >= 11 is 1.72. The number of carbonyl (C=O) groups excluding carboxylic acids is 1. The Morgan fingerprint density at radius 2 is 1.19 bits per heavy atom. The Morgan fingerprint density at radius 3 is 1.59 bits per heavy atom. The van der Waals surface area contributed by atoms with E-state index in [2.05, 4.69) is 12.1 Å². The molecule has 9 nitrogen and oxygen atoms in total. The van der Waals surface area contributed by atoms with Gasteiger partial charge in [0.1, 0.15) is 0 Å². The summed E-state index contributed by atoms with van der Waals surface area (Å²) in [5.41, 5.74) is -0.672. The monoisotopic (exact) mass is 524 g/mol. The highest BCUT2D eigenvalue weighted by Gasteiger charge is 2.45. The van der Waals surface area contributed by atoms with Gasteiger partial charge in [-0.3, -0.25) is 14.4 Å². The van der Waals surface area contributed by atoms with Crippen molar-refractivity contribution >= 4 is 35.6 Å². The second-order valence-electron chi connectivity index (χ2n) is 8.21. The quantitative estimate of drug-likeness (QED) is 0.335. The molecule has 4 rings (SSSR count). The van der Waals surface area contributed by atoms with Gasteiger partial charge in [0.05, 0.1) is 12.8 Å². The summed E-state index contributed by atoms with van der Waals surface area (Å²) in [6, 6.07) is 26.3. The highest BCUT2D eigenvalue weighted by molar-refractivity contribution is 7.99. The van der Waals surface area contributed by atoms with Gasteiger partial charge >= 0.3 is 23.9 Å². The molecule has 0 bridgehead atoms. The number of carboxylic acid groups (broad SMARTS) is 3. The van der Waals surface area contributed by atoms with Gasteiger partial charge in [-0.25, -0.2) is 4.79 Å². The van der Waals surface area contributed by atoms with Crippen molar-refractivity contribution in [2.24, 2.45) is 0 Å². The first-order valence-corrected chi connectivity index (χ1v) is 11.8. The van der Waals surface area contributed by atoms with E-state index in [4.69, 9.17) is 25.2 Å². The first-order chi connectivity index (χ1) is 17.5. The van der Waals surface area contributed by atoms with E-state index in [9.17, 15) is 19.2 Å². The van der Waals surface area contributed by atoms with E-state index in [1.807, 2.05) is 66.7 Å². The molecule has 0 unspecified atom stereocenters. The van der Waals surface area contributed by atoms with Crippen molar-refractivity contribution in [1.29, 1.82) is 0 Å². The Bertz CT molecular complexity index is 1260. The topological polar surface area (TPSA) is 158 Å². The zero-order chi connectivity index (χ0) is 27.2. The lowest BCUT2D eigenvalue weighted by atomic mass is 9.79. The van der Waals surface area contributed by atoms with Crippen molar-refractivity contribution in [2.45, 2.75) is 40.8 Å². The molecule has 0 saturated heterocycles. The molecule has 0 atom stereocenters. The van der Waals surface area contributed by atoms with Gasteiger partial charge < -0.3 is 25.2 Å². The minimum atomic E-state index is -2.74. The Hall–Kier alpha value is -4.15. The van der Waals surface area contributed by atoms with Gasteiger partial charge in [-0.2, -0.15) is 0 Å². The molecule has 3 aromatic carbocycles. The number of fused-ring (bicyclic) bond motifs is 2. The van der Waals surface area contributed by atoms with E-state index in [1.165, 1.54) is 6.92 Å². The number of carbonyl (C=O) groups is 4. The molecule has 3 aromatic rings. The van der Waals surface area contributed by atoms with Gasteiger partial charge in [0.2, 0.25) is 0 Å². The van der Waals surface area contributed by atoms with Crippen LogP contribution in [0.15, 0.2) is 88.7 Å². The van der Waals surface area contributed by atoms with Crippen LogP contribution in [0.25, 0.3) is 0 Å². The SMILES string of the molecule is CC(=O)OC1(c2ccccc2)c2ccccc2Sc2ccccc21.O=C(O)CC(O)(CC(=O)O)C(=O)O. The molecule has 192 valence electrons. The predicted molar refractivity (Wildman–Crippen MR) is 132 cm³/mol. The van der Waals surface area contributed by atoms with Crippen LogP contribution in [-0.2, 0) is 29.5 Å². The average Bonchev–Trinajstić information content (AvgIpc) is 2.83. The first kappa shape index (κ1) is 27.4. The molecule has 4 N–H and O–H groups in total. The van der Waals surface area contributed by atoms with Gasteiger partial charge in [0.25, 0.3) is 0 Å². The molecular weight excluding hydrogens is 500 g/mol. The minimum Gasteiger partial charge on any atom is -0.481 e. The number of hydrogen-bond donors (Lipinski definition) is 4. The van der Waals surface area contributed by atoms with E-state index >= 15 is 0 Å². The number of rotatable bonds is 7. The molecule has 10 heteroatoms. The highest BCUT2D eigenvalue weighted by Crippen LogP contribution is 2.52. The van der Waals surface area contributed by atoms with Crippen LogP contribution in [0.5, 0.6) is 0 Å².